The Hall–Kier alpha value is -8.06. The van der Waals surface area contributed by atoms with E-state index < -0.39 is 0 Å². The van der Waals surface area contributed by atoms with Crippen molar-refractivity contribution in [2.45, 2.75) is 91.6 Å². The lowest BCUT2D eigenvalue weighted by Gasteiger charge is -2.28. The number of methoxy groups -OCH3 is 1. The molecule has 2 atom stereocenters. The largest absolute Gasteiger partial charge is 0.497 e. The molecule has 0 saturated carbocycles. The Labute approximate surface area is 412 Å². The van der Waals surface area contributed by atoms with Gasteiger partial charge in [-0.15, -0.1) is 0 Å². The van der Waals surface area contributed by atoms with E-state index in [0.717, 1.165) is 45.6 Å². The second-order valence-corrected chi connectivity index (χ2v) is 18.5. The maximum absolute atomic E-state index is 5.75. The Morgan fingerprint density at radius 3 is 1.40 bits per heavy atom. The van der Waals surface area contributed by atoms with Crippen LogP contribution in [0.25, 0.3) is 0 Å². The fourth-order valence-corrected chi connectivity index (χ4v) is 8.22. The molecule has 13 heteroatoms. The lowest BCUT2D eigenvalue weighted by Crippen LogP contribution is -2.23. The Morgan fingerprint density at radius 1 is 0.457 bits per heavy atom. The summed E-state index contributed by atoms with van der Waals surface area (Å²) < 4.78 is 5.75. The Morgan fingerprint density at radius 2 is 0.914 bits per heavy atom. The maximum atomic E-state index is 5.75. The van der Waals surface area contributed by atoms with Crippen molar-refractivity contribution in [3.63, 3.8) is 0 Å². The average molecular weight is 933 g/mol. The third kappa shape index (κ3) is 13.6. The zero-order valence-electron chi connectivity index (χ0n) is 41.2. The second-order valence-electron chi connectivity index (χ2n) is 18.5. The van der Waals surface area contributed by atoms with Gasteiger partial charge in [-0.3, -0.25) is 0 Å². The van der Waals surface area contributed by atoms with E-state index in [0.29, 0.717) is 61.9 Å². The third-order valence-corrected chi connectivity index (χ3v) is 12.3. The van der Waals surface area contributed by atoms with Crippen molar-refractivity contribution in [2.75, 3.05) is 39.0 Å². The minimum Gasteiger partial charge on any atom is -0.497 e. The van der Waals surface area contributed by atoms with Crippen LogP contribution in [0.5, 0.6) is 5.75 Å². The summed E-state index contributed by atoms with van der Waals surface area (Å²) in [4.78, 5) is 28.7. The number of hydrogen-bond donors (Lipinski definition) is 6. The van der Waals surface area contributed by atoms with Crippen molar-refractivity contribution in [1.82, 2.24) is 29.9 Å². The number of hydrogen-bond acceptors (Lipinski definition) is 13. The first-order valence-corrected chi connectivity index (χ1v) is 23.9. The standard InChI is InChI=1S/C57H64N12O/c1-38-21-23-44(24-22-38)36-60-54-65-52(59-35-43-18-12-9-13-19-43)68-56(69-54)63-41(4)50-32-49(70-7)30-27-47(50)33-57(5,6)48-28-25-45(26-29-48)37-61-53-64-51(58-34-42-16-10-8-11-17-42)66-55(67-53)62-40(3)46-20-14-15-39(2)31-46/h8-32,40-41H,33-37H2,1-7H3,(H3,58,61,62,64,66,67)(H3,59,60,63,65,68,69). The van der Waals surface area contributed by atoms with Gasteiger partial charge in [0.1, 0.15) is 5.75 Å². The molecule has 8 aromatic rings. The first-order chi connectivity index (χ1) is 33.9. The molecule has 6 aromatic carbocycles. The number of nitrogens with zero attached hydrogens (tertiary/aromatic N) is 6. The van der Waals surface area contributed by atoms with Crippen LogP contribution < -0.4 is 36.6 Å². The van der Waals surface area contributed by atoms with E-state index >= 15 is 0 Å². The molecular weight excluding hydrogens is 869 g/mol. The van der Waals surface area contributed by atoms with E-state index in [2.05, 4.69) is 183 Å². The summed E-state index contributed by atoms with van der Waals surface area (Å²) in [6.45, 7) is 15.3. The molecule has 70 heavy (non-hydrogen) atoms. The van der Waals surface area contributed by atoms with Gasteiger partial charge >= 0.3 is 0 Å². The van der Waals surface area contributed by atoms with Gasteiger partial charge in [0.15, 0.2) is 0 Å². The van der Waals surface area contributed by atoms with Crippen LogP contribution in [-0.4, -0.2) is 37.0 Å². The average Bonchev–Trinajstić information content (AvgIpc) is 3.37. The molecule has 0 aliphatic heterocycles. The molecule has 0 saturated heterocycles. The molecular formula is C57H64N12O. The molecule has 0 spiro atoms. The lowest BCUT2D eigenvalue weighted by molar-refractivity contribution is 0.413. The molecule has 2 aromatic heterocycles. The summed E-state index contributed by atoms with van der Waals surface area (Å²) in [5, 5.41) is 20.8. The third-order valence-electron chi connectivity index (χ3n) is 12.3. The van der Waals surface area contributed by atoms with Gasteiger partial charge in [0, 0.05) is 26.2 Å². The van der Waals surface area contributed by atoms with E-state index in [-0.39, 0.29) is 17.5 Å². The van der Waals surface area contributed by atoms with E-state index in [9.17, 15) is 0 Å². The Balaban J connectivity index is 0.960. The van der Waals surface area contributed by atoms with E-state index in [1.54, 1.807) is 7.11 Å². The van der Waals surface area contributed by atoms with Crippen LogP contribution in [0, 0.1) is 13.8 Å². The van der Waals surface area contributed by atoms with E-state index in [4.69, 9.17) is 34.6 Å². The molecule has 358 valence electrons. The minimum atomic E-state index is -0.216. The minimum absolute atomic E-state index is 0.0105. The van der Waals surface area contributed by atoms with Gasteiger partial charge in [-0.05, 0) is 96.2 Å². The van der Waals surface area contributed by atoms with Gasteiger partial charge in [-0.25, -0.2) is 0 Å². The number of ether oxygens (including phenoxy) is 1. The predicted octanol–water partition coefficient (Wildman–Crippen LogP) is 12.0. The number of anilines is 6. The number of aryl methyl sites for hydroxylation is 2. The van der Waals surface area contributed by atoms with Crippen molar-refractivity contribution in [3.8, 4) is 5.75 Å². The molecule has 0 aliphatic rings. The van der Waals surface area contributed by atoms with Crippen molar-refractivity contribution in [1.29, 1.82) is 0 Å². The molecule has 0 aliphatic carbocycles. The van der Waals surface area contributed by atoms with E-state index in [1.165, 1.54) is 22.3 Å². The van der Waals surface area contributed by atoms with Crippen LogP contribution >= 0.6 is 0 Å². The van der Waals surface area contributed by atoms with Crippen molar-refractivity contribution in [3.05, 3.63) is 207 Å². The summed E-state index contributed by atoms with van der Waals surface area (Å²) in [5.74, 6) is 3.66. The van der Waals surface area contributed by atoms with Gasteiger partial charge in [-0.2, -0.15) is 29.9 Å². The van der Waals surface area contributed by atoms with Crippen LogP contribution in [0.15, 0.2) is 152 Å². The Kier molecular flexibility index (Phi) is 15.8. The summed E-state index contributed by atoms with van der Waals surface area (Å²) in [6, 6.07) is 52.2. The number of benzene rings is 6. The quantitative estimate of drug-likeness (QED) is 0.0382. The zero-order valence-corrected chi connectivity index (χ0v) is 41.2. The molecule has 2 unspecified atom stereocenters. The molecule has 0 bridgehead atoms. The van der Waals surface area contributed by atoms with Crippen molar-refractivity contribution < 1.29 is 4.74 Å². The smallest absolute Gasteiger partial charge is 0.229 e. The molecule has 0 amide bonds. The van der Waals surface area contributed by atoms with Gasteiger partial charge in [0.2, 0.25) is 35.7 Å². The maximum Gasteiger partial charge on any atom is 0.229 e. The summed E-state index contributed by atoms with van der Waals surface area (Å²) >= 11 is 0. The highest BCUT2D eigenvalue weighted by molar-refractivity contribution is 5.48. The number of rotatable bonds is 22. The highest BCUT2D eigenvalue weighted by Crippen LogP contribution is 2.34. The fourth-order valence-electron chi connectivity index (χ4n) is 8.22. The van der Waals surface area contributed by atoms with Gasteiger partial charge in [0.05, 0.1) is 19.2 Å². The van der Waals surface area contributed by atoms with Gasteiger partial charge in [-0.1, -0.05) is 165 Å². The molecule has 0 fully saturated rings. The molecule has 8 rings (SSSR count). The van der Waals surface area contributed by atoms with Crippen LogP contribution in [0.1, 0.15) is 95.4 Å². The zero-order chi connectivity index (χ0) is 48.9. The summed E-state index contributed by atoms with van der Waals surface area (Å²) in [7, 11) is 1.70. The monoisotopic (exact) mass is 933 g/mol. The van der Waals surface area contributed by atoms with Gasteiger partial charge < -0.3 is 36.6 Å². The topological polar surface area (TPSA) is 159 Å². The van der Waals surface area contributed by atoms with Crippen molar-refractivity contribution in [2.24, 2.45) is 0 Å². The first-order valence-electron chi connectivity index (χ1n) is 23.9. The molecule has 6 N–H and O–H groups in total. The molecule has 0 radical (unpaired) electrons. The van der Waals surface area contributed by atoms with E-state index in [1.807, 2.05) is 42.5 Å². The number of aromatic nitrogens is 6. The second kappa shape index (κ2) is 22.8. The van der Waals surface area contributed by atoms with Crippen LogP contribution in [-0.2, 0) is 38.0 Å². The number of nitrogens with one attached hydrogen (secondary N) is 6. The summed E-state index contributed by atoms with van der Waals surface area (Å²) in [6.07, 6.45) is 0.779. The molecule has 13 nitrogen and oxygen atoms in total. The highest BCUT2D eigenvalue weighted by atomic mass is 16.5. The first kappa shape index (κ1) is 48.4. The van der Waals surface area contributed by atoms with Crippen LogP contribution in [0.3, 0.4) is 0 Å². The SMILES string of the molecule is COc1ccc(CC(C)(C)c2ccc(CNc3nc(NCc4ccccc4)nc(NC(C)c4cccc(C)c4)n3)cc2)c(C(C)Nc2nc(NCc3ccccc3)nc(NCc3ccc(C)cc3)n2)c1. The van der Waals surface area contributed by atoms with Gasteiger partial charge in [0.25, 0.3) is 0 Å². The fraction of sp³-hybridized carbons (Fsp3) is 0.263. The van der Waals surface area contributed by atoms with Crippen molar-refractivity contribution >= 4 is 35.7 Å². The highest BCUT2D eigenvalue weighted by Gasteiger charge is 2.25. The van der Waals surface area contributed by atoms with Crippen LogP contribution in [0.4, 0.5) is 35.7 Å². The normalized spacial score (nSPS) is 12.1. The predicted molar refractivity (Wildman–Crippen MR) is 284 cm³/mol. The lowest BCUT2D eigenvalue weighted by atomic mass is 9.77. The summed E-state index contributed by atoms with van der Waals surface area (Å²) in [5.41, 5.74) is 11.4. The van der Waals surface area contributed by atoms with Crippen LogP contribution in [0.2, 0.25) is 0 Å². The Bertz CT molecular complexity index is 2930. The molecule has 2 heterocycles.